The Morgan fingerprint density at radius 3 is 2.85 bits per heavy atom. The van der Waals surface area contributed by atoms with Crippen LogP contribution >= 0.6 is 11.6 Å². The molecule has 1 fully saturated rings. The number of halogens is 1. The number of benzene rings is 1. The van der Waals surface area contributed by atoms with Crippen LogP contribution in [0.15, 0.2) is 30.5 Å². The average molecular weight is 289 g/mol. The van der Waals surface area contributed by atoms with Crippen LogP contribution < -0.4 is 5.32 Å². The van der Waals surface area contributed by atoms with E-state index >= 15 is 0 Å². The Hall–Kier alpha value is -1.28. The highest BCUT2D eigenvalue weighted by Crippen LogP contribution is 2.29. The highest BCUT2D eigenvalue weighted by Gasteiger charge is 2.13. The Morgan fingerprint density at radius 2 is 2.00 bits per heavy atom. The van der Waals surface area contributed by atoms with Gasteiger partial charge in [-0.3, -0.25) is 4.98 Å². The zero-order valence-electron chi connectivity index (χ0n) is 11.7. The topological polar surface area (TPSA) is 24.9 Å². The third kappa shape index (κ3) is 3.06. The van der Waals surface area contributed by atoms with Crippen molar-refractivity contribution in [2.45, 2.75) is 38.5 Å². The van der Waals surface area contributed by atoms with Crippen molar-refractivity contribution in [2.75, 3.05) is 11.9 Å². The van der Waals surface area contributed by atoms with Crippen molar-refractivity contribution < 1.29 is 0 Å². The molecule has 106 valence electrons. The summed E-state index contributed by atoms with van der Waals surface area (Å²) in [4.78, 5) is 4.37. The second-order valence-corrected chi connectivity index (χ2v) is 6.12. The van der Waals surface area contributed by atoms with Gasteiger partial charge in [0, 0.05) is 23.8 Å². The van der Waals surface area contributed by atoms with E-state index in [2.05, 4.69) is 22.4 Å². The molecule has 1 N–H and O–H groups in total. The predicted octanol–water partition coefficient (Wildman–Crippen LogP) is 5.27. The number of nitrogens with one attached hydrogen (secondary N) is 1. The minimum atomic E-state index is 0.721. The van der Waals surface area contributed by atoms with E-state index in [9.17, 15) is 0 Å². The molecule has 0 saturated heterocycles. The maximum absolute atomic E-state index is 6.19. The van der Waals surface area contributed by atoms with Crippen LogP contribution in [0, 0.1) is 5.92 Å². The quantitative estimate of drug-likeness (QED) is 0.829. The zero-order chi connectivity index (χ0) is 13.8. The van der Waals surface area contributed by atoms with E-state index < -0.39 is 0 Å². The lowest BCUT2D eigenvalue weighted by Crippen LogP contribution is -2.12. The zero-order valence-corrected chi connectivity index (χ0v) is 12.5. The first-order valence-corrected chi connectivity index (χ1v) is 7.99. The van der Waals surface area contributed by atoms with Gasteiger partial charge in [0.05, 0.1) is 10.5 Å². The summed E-state index contributed by atoms with van der Waals surface area (Å²) in [7, 11) is 0. The van der Waals surface area contributed by atoms with Gasteiger partial charge >= 0.3 is 0 Å². The van der Waals surface area contributed by atoms with E-state index in [0.29, 0.717) is 0 Å². The summed E-state index contributed by atoms with van der Waals surface area (Å²) in [5.41, 5.74) is 2.03. The third-order valence-electron chi connectivity index (χ3n) is 4.31. The normalized spacial score (nSPS) is 16.4. The first-order valence-electron chi connectivity index (χ1n) is 7.62. The van der Waals surface area contributed by atoms with Gasteiger partial charge < -0.3 is 5.32 Å². The molecule has 20 heavy (non-hydrogen) atoms. The summed E-state index contributed by atoms with van der Waals surface area (Å²) >= 11 is 6.19. The third-order valence-corrected chi connectivity index (χ3v) is 4.62. The highest BCUT2D eigenvalue weighted by molar-refractivity contribution is 6.35. The fourth-order valence-electron chi connectivity index (χ4n) is 3.18. The van der Waals surface area contributed by atoms with Gasteiger partial charge in [0.15, 0.2) is 0 Å². The Bertz CT molecular complexity index is 576. The lowest BCUT2D eigenvalue weighted by atomic mass is 9.87. The molecule has 1 saturated carbocycles. The molecule has 0 unspecified atom stereocenters. The molecule has 3 heteroatoms. The Morgan fingerprint density at radius 1 is 1.15 bits per heavy atom. The second-order valence-electron chi connectivity index (χ2n) is 5.71. The lowest BCUT2D eigenvalue weighted by molar-refractivity contribution is 0.345. The fraction of sp³-hybridized carbons (Fsp3) is 0.471. The number of pyridine rings is 1. The van der Waals surface area contributed by atoms with E-state index in [-0.39, 0.29) is 0 Å². The van der Waals surface area contributed by atoms with Gasteiger partial charge in [0.1, 0.15) is 0 Å². The van der Waals surface area contributed by atoms with Crippen LogP contribution in [-0.4, -0.2) is 11.5 Å². The van der Waals surface area contributed by atoms with Crippen molar-refractivity contribution in [3.05, 3.63) is 35.5 Å². The molecule has 1 aliphatic rings. The number of aromatic nitrogens is 1. The van der Waals surface area contributed by atoms with Gasteiger partial charge in [0.25, 0.3) is 0 Å². The van der Waals surface area contributed by atoms with Crippen LogP contribution in [-0.2, 0) is 0 Å². The van der Waals surface area contributed by atoms with Crippen molar-refractivity contribution in [3.8, 4) is 0 Å². The van der Waals surface area contributed by atoms with E-state index in [1.807, 2.05) is 12.1 Å². The molecule has 0 bridgehead atoms. The maximum atomic E-state index is 6.19. The van der Waals surface area contributed by atoms with Crippen LogP contribution in [0.25, 0.3) is 10.9 Å². The standard InChI is InChI=1S/C17H21ClN2/c18-15-8-9-16(14-7-4-11-20-17(14)15)19-12-10-13-5-2-1-3-6-13/h4,7-9,11,13,19H,1-3,5-6,10,12H2. The Labute approximate surface area is 125 Å². The summed E-state index contributed by atoms with van der Waals surface area (Å²) in [6.45, 7) is 1.04. The molecule has 1 heterocycles. The molecular weight excluding hydrogens is 268 g/mol. The number of anilines is 1. The molecule has 0 spiro atoms. The van der Waals surface area contributed by atoms with Gasteiger partial charge in [-0.1, -0.05) is 43.7 Å². The van der Waals surface area contributed by atoms with E-state index in [4.69, 9.17) is 11.6 Å². The van der Waals surface area contributed by atoms with Crippen LogP contribution in [0.2, 0.25) is 5.02 Å². The first-order chi connectivity index (χ1) is 9.84. The van der Waals surface area contributed by atoms with Gasteiger partial charge in [-0.05, 0) is 36.6 Å². The number of hydrogen-bond acceptors (Lipinski definition) is 2. The maximum Gasteiger partial charge on any atom is 0.0908 e. The summed E-state index contributed by atoms with van der Waals surface area (Å²) < 4.78 is 0. The highest BCUT2D eigenvalue weighted by atomic mass is 35.5. The number of nitrogens with zero attached hydrogens (tertiary/aromatic N) is 1. The van der Waals surface area contributed by atoms with Crippen LogP contribution in [0.5, 0.6) is 0 Å². The molecule has 0 amide bonds. The molecule has 0 aliphatic heterocycles. The molecule has 1 aromatic carbocycles. The lowest BCUT2D eigenvalue weighted by Gasteiger charge is -2.21. The number of rotatable bonds is 4. The summed E-state index contributed by atoms with van der Waals surface area (Å²) in [6.07, 6.45) is 10.1. The van der Waals surface area contributed by atoms with Gasteiger partial charge in [-0.15, -0.1) is 0 Å². The number of fused-ring (bicyclic) bond motifs is 1. The van der Waals surface area contributed by atoms with Crippen LogP contribution in [0.3, 0.4) is 0 Å². The smallest absolute Gasteiger partial charge is 0.0908 e. The minimum absolute atomic E-state index is 0.721. The molecular formula is C17H21ClN2. The van der Waals surface area contributed by atoms with E-state index in [1.54, 1.807) is 6.20 Å². The Kier molecular flexibility index (Phi) is 4.41. The minimum Gasteiger partial charge on any atom is -0.384 e. The summed E-state index contributed by atoms with van der Waals surface area (Å²) in [5.74, 6) is 0.910. The van der Waals surface area contributed by atoms with Crippen molar-refractivity contribution in [1.29, 1.82) is 0 Å². The largest absolute Gasteiger partial charge is 0.384 e. The molecule has 1 aliphatic carbocycles. The van der Waals surface area contributed by atoms with E-state index in [0.717, 1.165) is 34.1 Å². The first kappa shape index (κ1) is 13.7. The molecule has 0 radical (unpaired) electrons. The van der Waals surface area contributed by atoms with Crippen LogP contribution in [0.4, 0.5) is 5.69 Å². The molecule has 2 nitrogen and oxygen atoms in total. The van der Waals surface area contributed by atoms with Gasteiger partial charge in [0.2, 0.25) is 0 Å². The van der Waals surface area contributed by atoms with Crippen molar-refractivity contribution >= 4 is 28.2 Å². The van der Waals surface area contributed by atoms with E-state index in [1.165, 1.54) is 38.5 Å². The summed E-state index contributed by atoms with van der Waals surface area (Å²) in [5, 5.41) is 5.40. The molecule has 0 atom stereocenters. The fourth-order valence-corrected chi connectivity index (χ4v) is 3.39. The summed E-state index contributed by atoms with van der Waals surface area (Å²) in [6, 6.07) is 8.04. The van der Waals surface area contributed by atoms with Crippen molar-refractivity contribution in [2.24, 2.45) is 5.92 Å². The average Bonchev–Trinajstić information content (AvgIpc) is 2.51. The van der Waals surface area contributed by atoms with Crippen LogP contribution in [0.1, 0.15) is 38.5 Å². The second kappa shape index (κ2) is 6.45. The molecule has 3 rings (SSSR count). The predicted molar refractivity (Wildman–Crippen MR) is 86.4 cm³/mol. The molecule has 2 aromatic rings. The van der Waals surface area contributed by atoms with Gasteiger partial charge in [-0.2, -0.15) is 0 Å². The van der Waals surface area contributed by atoms with Gasteiger partial charge in [-0.25, -0.2) is 0 Å². The SMILES string of the molecule is Clc1ccc(NCCC2CCCCC2)c2cccnc12. The molecule has 1 aromatic heterocycles. The number of hydrogen-bond donors (Lipinski definition) is 1. The van der Waals surface area contributed by atoms with Crippen molar-refractivity contribution in [3.63, 3.8) is 0 Å². The monoisotopic (exact) mass is 288 g/mol. The van der Waals surface area contributed by atoms with Crippen molar-refractivity contribution in [1.82, 2.24) is 4.98 Å². The Balaban J connectivity index is 1.67.